The third kappa shape index (κ3) is 5.53. The summed E-state index contributed by atoms with van der Waals surface area (Å²) in [6.07, 6.45) is -4.02. The second-order valence-electron chi connectivity index (χ2n) is 6.99. The summed E-state index contributed by atoms with van der Waals surface area (Å²) in [6.45, 7) is 2.45. The van der Waals surface area contributed by atoms with E-state index in [0.717, 1.165) is 11.3 Å². The SMILES string of the molecule is CCc1cc(-c2ccc(OC(F)(F)F)cc2)nn1Cc1ccc(C(=O)Nc2nn[nH]n2)cc1. The first-order chi connectivity index (χ1) is 15.8. The summed E-state index contributed by atoms with van der Waals surface area (Å²) in [7, 11) is 0. The molecule has 9 nitrogen and oxygen atoms in total. The molecule has 33 heavy (non-hydrogen) atoms. The van der Waals surface area contributed by atoms with Crippen LogP contribution in [-0.2, 0) is 13.0 Å². The van der Waals surface area contributed by atoms with E-state index in [9.17, 15) is 18.0 Å². The molecule has 0 aliphatic rings. The second-order valence-corrected chi connectivity index (χ2v) is 6.99. The van der Waals surface area contributed by atoms with Gasteiger partial charge in [0.1, 0.15) is 5.75 Å². The van der Waals surface area contributed by atoms with Crippen LogP contribution in [0.15, 0.2) is 54.6 Å². The van der Waals surface area contributed by atoms with E-state index in [1.807, 2.05) is 29.8 Å². The first kappa shape index (κ1) is 22.0. The number of aryl methyl sites for hydroxylation is 1. The average molecular weight is 457 g/mol. The fraction of sp³-hybridized carbons (Fsp3) is 0.190. The van der Waals surface area contributed by atoms with Crippen molar-refractivity contribution in [1.29, 1.82) is 0 Å². The smallest absolute Gasteiger partial charge is 0.406 e. The van der Waals surface area contributed by atoms with Crippen molar-refractivity contribution in [2.45, 2.75) is 26.3 Å². The Morgan fingerprint density at radius 1 is 1.12 bits per heavy atom. The van der Waals surface area contributed by atoms with Crippen LogP contribution in [0.3, 0.4) is 0 Å². The van der Waals surface area contributed by atoms with Gasteiger partial charge in [-0.2, -0.15) is 10.3 Å². The molecule has 0 bridgehead atoms. The quantitative estimate of drug-likeness (QED) is 0.437. The van der Waals surface area contributed by atoms with Gasteiger partial charge < -0.3 is 4.74 Å². The number of hydrogen-bond donors (Lipinski definition) is 2. The topological polar surface area (TPSA) is 111 Å². The van der Waals surface area contributed by atoms with Crippen molar-refractivity contribution in [3.8, 4) is 17.0 Å². The number of tetrazole rings is 1. The van der Waals surface area contributed by atoms with Gasteiger partial charge in [0.15, 0.2) is 0 Å². The van der Waals surface area contributed by atoms with Gasteiger partial charge in [0.2, 0.25) is 0 Å². The third-order valence-corrected chi connectivity index (χ3v) is 4.73. The van der Waals surface area contributed by atoms with E-state index in [1.165, 1.54) is 24.3 Å². The summed E-state index contributed by atoms with van der Waals surface area (Å²) >= 11 is 0. The number of amides is 1. The van der Waals surface area contributed by atoms with Crippen molar-refractivity contribution in [2.75, 3.05) is 5.32 Å². The van der Waals surface area contributed by atoms with Crippen LogP contribution in [0, 0.1) is 0 Å². The lowest BCUT2D eigenvalue weighted by Crippen LogP contribution is -2.16. The number of anilines is 1. The Morgan fingerprint density at radius 2 is 1.85 bits per heavy atom. The molecule has 0 saturated heterocycles. The molecule has 2 N–H and O–H groups in total. The maximum absolute atomic E-state index is 12.4. The molecule has 2 aromatic heterocycles. The van der Waals surface area contributed by atoms with Gasteiger partial charge in [-0.3, -0.25) is 14.8 Å². The molecule has 0 aliphatic heterocycles. The molecule has 0 spiro atoms. The second kappa shape index (κ2) is 9.10. The Bertz CT molecular complexity index is 1220. The molecule has 0 fully saturated rings. The number of nitrogens with one attached hydrogen (secondary N) is 2. The highest BCUT2D eigenvalue weighted by atomic mass is 19.4. The Hall–Kier alpha value is -4.22. The number of carbonyl (C=O) groups excluding carboxylic acids is 1. The molecule has 0 radical (unpaired) electrons. The molecular weight excluding hydrogens is 439 g/mol. The van der Waals surface area contributed by atoms with Crippen LogP contribution in [0.2, 0.25) is 0 Å². The first-order valence-corrected chi connectivity index (χ1v) is 9.87. The molecule has 1 amide bonds. The predicted molar refractivity (Wildman–Crippen MR) is 111 cm³/mol. The number of aromatic amines is 1. The van der Waals surface area contributed by atoms with Crippen molar-refractivity contribution in [1.82, 2.24) is 30.4 Å². The van der Waals surface area contributed by atoms with Gasteiger partial charge in [-0.25, -0.2) is 0 Å². The van der Waals surface area contributed by atoms with Crippen molar-refractivity contribution in [3.05, 3.63) is 71.4 Å². The molecule has 2 aromatic carbocycles. The maximum Gasteiger partial charge on any atom is 0.573 e. The highest BCUT2D eigenvalue weighted by Gasteiger charge is 2.31. The minimum atomic E-state index is -4.73. The number of nitrogens with zero attached hydrogens (tertiary/aromatic N) is 5. The van der Waals surface area contributed by atoms with Crippen molar-refractivity contribution in [3.63, 3.8) is 0 Å². The molecule has 170 valence electrons. The lowest BCUT2D eigenvalue weighted by atomic mass is 10.1. The van der Waals surface area contributed by atoms with Crippen LogP contribution < -0.4 is 10.1 Å². The number of alkyl halides is 3. The number of benzene rings is 2. The van der Waals surface area contributed by atoms with Crippen LogP contribution in [0.4, 0.5) is 19.1 Å². The van der Waals surface area contributed by atoms with Crippen LogP contribution in [0.5, 0.6) is 5.75 Å². The minimum absolute atomic E-state index is 0.0822. The fourth-order valence-corrected chi connectivity index (χ4v) is 3.17. The van der Waals surface area contributed by atoms with E-state index in [-0.39, 0.29) is 17.6 Å². The van der Waals surface area contributed by atoms with E-state index in [1.54, 1.807) is 12.1 Å². The number of H-pyrrole nitrogens is 1. The fourth-order valence-electron chi connectivity index (χ4n) is 3.17. The number of carbonyl (C=O) groups is 1. The molecule has 0 unspecified atom stereocenters. The highest BCUT2D eigenvalue weighted by Crippen LogP contribution is 2.26. The molecule has 0 aliphatic carbocycles. The molecule has 4 aromatic rings. The molecule has 4 rings (SSSR count). The van der Waals surface area contributed by atoms with E-state index in [0.29, 0.717) is 29.8 Å². The number of aromatic nitrogens is 6. The van der Waals surface area contributed by atoms with Gasteiger partial charge >= 0.3 is 6.36 Å². The lowest BCUT2D eigenvalue weighted by molar-refractivity contribution is -0.274. The average Bonchev–Trinajstić information content (AvgIpc) is 3.43. The molecule has 0 saturated carbocycles. The summed E-state index contributed by atoms with van der Waals surface area (Å²) in [6, 6.07) is 14.5. The van der Waals surface area contributed by atoms with Crippen LogP contribution in [0.1, 0.15) is 28.5 Å². The zero-order chi connectivity index (χ0) is 23.4. The highest BCUT2D eigenvalue weighted by molar-refractivity contribution is 6.03. The first-order valence-electron chi connectivity index (χ1n) is 9.87. The van der Waals surface area contributed by atoms with E-state index in [4.69, 9.17) is 0 Å². The van der Waals surface area contributed by atoms with Crippen molar-refractivity contribution in [2.24, 2.45) is 0 Å². The monoisotopic (exact) mass is 457 g/mol. The summed E-state index contributed by atoms with van der Waals surface area (Å²) in [5, 5.41) is 20.1. The Labute approximate surface area is 185 Å². The van der Waals surface area contributed by atoms with Gasteiger partial charge in [0.25, 0.3) is 11.9 Å². The maximum atomic E-state index is 12.4. The van der Waals surface area contributed by atoms with Gasteiger partial charge in [-0.05, 0) is 59.7 Å². The molecule has 12 heteroatoms. The number of halogens is 3. The summed E-state index contributed by atoms with van der Waals surface area (Å²) in [5.41, 5.74) is 3.62. The Morgan fingerprint density at radius 3 is 2.45 bits per heavy atom. The van der Waals surface area contributed by atoms with E-state index >= 15 is 0 Å². The molecular formula is C21H18F3N7O2. The number of ether oxygens (including phenoxy) is 1. The van der Waals surface area contributed by atoms with Crippen LogP contribution >= 0.6 is 0 Å². The van der Waals surface area contributed by atoms with E-state index < -0.39 is 6.36 Å². The largest absolute Gasteiger partial charge is 0.573 e. The molecule has 0 atom stereocenters. The molecule has 2 heterocycles. The van der Waals surface area contributed by atoms with Gasteiger partial charge in [-0.15, -0.1) is 18.3 Å². The minimum Gasteiger partial charge on any atom is -0.406 e. The van der Waals surface area contributed by atoms with Crippen LogP contribution in [0.25, 0.3) is 11.3 Å². The number of rotatable bonds is 7. The zero-order valence-electron chi connectivity index (χ0n) is 17.3. The zero-order valence-corrected chi connectivity index (χ0v) is 17.3. The summed E-state index contributed by atoms with van der Waals surface area (Å²) < 4.78 is 42.8. The van der Waals surface area contributed by atoms with Gasteiger partial charge in [0.05, 0.1) is 12.2 Å². The lowest BCUT2D eigenvalue weighted by Gasteiger charge is -2.08. The Balaban J connectivity index is 1.47. The normalized spacial score (nSPS) is 11.4. The van der Waals surface area contributed by atoms with E-state index in [2.05, 4.69) is 35.8 Å². The third-order valence-electron chi connectivity index (χ3n) is 4.73. The summed E-state index contributed by atoms with van der Waals surface area (Å²) in [5.74, 6) is -0.569. The number of hydrogen-bond acceptors (Lipinski definition) is 6. The predicted octanol–water partition coefficient (Wildman–Crippen LogP) is 3.82. The standard InChI is InChI=1S/C21H18F3N7O2/c1-2-16-11-18(14-7-9-17(10-8-14)33-21(22,23)24)28-31(16)12-13-3-5-15(6-4-13)19(32)25-20-26-29-30-27-20/h3-11H,2,12H2,1H3,(H2,25,26,27,29,30,32). The van der Waals surface area contributed by atoms with Crippen molar-refractivity contribution < 1.29 is 22.7 Å². The Kier molecular flexibility index (Phi) is 6.07. The van der Waals surface area contributed by atoms with Gasteiger partial charge in [0, 0.05) is 16.8 Å². The van der Waals surface area contributed by atoms with Gasteiger partial charge in [-0.1, -0.05) is 24.2 Å². The summed E-state index contributed by atoms with van der Waals surface area (Å²) in [4.78, 5) is 12.2. The van der Waals surface area contributed by atoms with Crippen LogP contribution in [-0.4, -0.2) is 42.7 Å². The van der Waals surface area contributed by atoms with Crippen molar-refractivity contribution >= 4 is 11.9 Å².